The van der Waals surface area contributed by atoms with Gasteiger partial charge in [-0.3, -0.25) is 19.7 Å². The van der Waals surface area contributed by atoms with Crippen molar-refractivity contribution >= 4 is 10.4 Å². The molecule has 4 atom stereocenters. The van der Waals surface area contributed by atoms with E-state index in [9.17, 15) is 0 Å². The zero-order valence-electron chi connectivity index (χ0n) is 16.2. The van der Waals surface area contributed by atoms with E-state index in [1.54, 1.807) is 0 Å². The molecule has 2 aliphatic heterocycles. The summed E-state index contributed by atoms with van der Waals surface area (Å²) in [6, 6.07) is 1.30. The van der Waals surface area contributed by atoms with Crippen molar-refractivity contribution < 1.29 is 27.0 Å². The maximum atomic E-state index is 8.74. The zero-order valence-corrected chi connectivity index (χ0v) is 17.0. The minimum Gasteiger partial charge on any atom is -0.354 e. The zero-order chi connectivity index (χ0) is 19.6. The first-order chi connectivity index (χ1) is 11.5. The van der Waals surface area contributed by atoms with Gasteiger partial charge in [-0.2, -0.15) is 8.42 Å². The Kier molecular flexibility index (Phi) is 12.0. The van der Waals surface area contributed by atoms with Crippen LogP contribution in [0.5, 0.6) is 0 Å². The van der Waals surface area contributed by atoms with Crippen LogP contribution in [-0.2, 0) is 19.9 Å². The molecule has 25 heavy (non-hydrogen) atoms. The van der Waals surface area contributed by atoms with Crippen LogP contribution in [0.15, 0.2) is 0 Å². The first-order valence-corrected chi connectivity index (χ1v) is 10.5. The van der Waals surface area contributed by atoms with Gasteiger partial charge in [0, 0.05) is 12.1 Å². The van der Waals surface area contributed by atoms with Crippen LogP contribution in [-0.4, -0.2) is 54.3 Å². The van der Waals surface area contributed by atoms with Crippen molar-refractivity contribution in [2.75, 3.05) is 0 Å². The van der Waals surface area contributed by atoms with Crippen molar-refractivity contribution in [2.45, 2.75) is 104 Å². The van der Waals surface area contributed by atoms with Crippen LogP contribution >= 0.6 is 0 Å². The average Bonchev–Trinajstić information content (AvgIpc) is 3.41. The van der Waals surface area contributed by atoms with Crippen LogP contribution in [0.1, 0.15) is 67.2 Å². The molecule has 0 bridgehead atoms. The third-order valence-corrected chi connectivity index (χ3v) is 4.19. The first-order valence-electron chi connectivity index (χ1n) is 9.08. The molecule has 2 aliphatic rings. The SMILES string of the molecule is CCC(CC)NC1OC1C.CCC(CC)NC1OC1C.O=S(=O)(O)O. The highest BCUT2D eigenvalue weighted by molar-refractivity contribution is 7.79. The van der Waals surface area contributed by atoms with Gasteiger partial charge in [-0.1, -0.05) is 27.7 Å². The van der Waals surface area contributed by atoms with Crippen LogP contribution < -0.4 is 10.6 Å². The van der Waals surface area contributed by atoms with Crippen molar-refractivity contribution in [2.24, 2.45) is 0 Å². The summed E-state index contributed by atoms with van der Waals surface area (Å²) in [5, 5.41) is 6.84. The Balaban J connectivity index is 0.000000368. The van der Waals surface area contributed by atoms with Gasteiger partial charge in [0.05, 0.1) is 12.2 Å². The summed E-state index contributed by atoms with van der Waals surface area (Å²) in [4.78, 5) is 0. The topological polar surface area (TPSA) is 124 Å². The molecule has 152 valence electrons. The smallest absolute Gasteiger partial charge is 0.354 e. The van der Waals surface area contributed by atoms with Crippen molar-refractivity contribution in [3.63, 3.8) is 0 Å². The van der Waals surface area contributed by atoms with E-state index in [2.05, 4.69) is 52.2 Å². The van der Waals surface area contributed by atoms with Gasteiger partial charge < -0.3 is 9.47 Å². The largest absolute Gasteiger partial charge is 0.394 e. The molecule has 4 N–H and O–H groups in total. The monoisotopic (exact) mass is 384 g/mol. The molecule has 0 aromatic heterocycles. The summed E-state index contributed by atoms with van der Waals surface area (Å²) in [7, 11) is -4.67. The lowest BCUT2D eigenvalue weighted by Gasteiger charge is -2.11. The lowest BCUT2D eigenvalue weighted by Crippen LogP contribution is -2.31. The van der Waals surface area contributed by atoms with Crippen molar-refractivity contribution in [3.05, 3.63) is 0 Å². The van der Waals surface area contributed by atoms with Gasteiger partial charge in [0.1, 0.15) is 12.5 Å². The number of epoxide rings is 2. The van der Waals surface area contributed by atoms with Crippen molar-refractivity contribution in [1.82, 2.24) is 10.6 Å². The third-order valence-electron chi connectivity index (χ3n) is 4.19. The molecule has 0 aromatic rings. The fourth-order valence-corrected chi connectivity index (χ4v) is 2.23. The molecule has 2 rings (SSSR count). The van der Waals surface area contributed by atoms with Gasteiger partial charge in [0.25, 0.3) is 0 Å². The number of hydrogen-bond donors (Lipinski definition) is 4. The van der Waals surface area contributed by atoms with E-state index in [4.69, 9.17) is 27.0 Å². The van der Waals surface area contributed by atoms with E-state index in [1.165, 1.54) is 25.7 Å². The predicted octanol–water partition coefficient (Wildman–Crippen LogP) is 2.37. The number of rotatable bonds is 8. The van der Waals surface area contributed by atoms with Crippen LogP contribution in [0.25, 0.3) is 0 Å². The molecule has 4 unspecified atom stereocenters. The highest BCUT2D eigenvalue weighted by Crippen LogP contribution is 2.19. The maximum absolute atomic E-state index is 8.74. The molecule has 0 aromatic carbocycles. The number of ether oxygens (including phenoxy) is 2. The number of hydrogen-bond acceptors (Lipinski definition) is 6. The summed E-state index contributed by atoms with van der Waals surface area (Å²) >= 11 is 0. The molecule has 0 aliphatic carbocycles. The number of nitrogens with one attached hydrogen (secondary N) is 2. The summed E-state index contributed by atoms with van der Waals surface area (Å²) in [6.45, 7) is 13.0. The maximum Gasteiger partial charge on any atom is 0.394 e. The van der Waals surface area contributed by atoms with Gasteiger partial charge >= 0.3 is 10.4 Å². The van der Waals surface area contributed by atoms with E-state index < -0.39 is 10.4 Å². The van der Waals surface area contributed by atoms with Crippen LogP contribution in [0.3, 0.4) is 0 Å². The molecule has 2 heterocycles. The summed E-state index contributed by atoms with van der Waals surface area (Å²) in [5.41, 5.74) is 0. The average molecular weight is 385 g/mol. The lowest BCUT2D eigenvalue weighted by atomic mass is 10.2. The fourth-order valence-electron chi connectivity index (χ4n) is 2.23. The Labute approximate surface area is 152 Å². The highest BCUT2D eigenvalue weighted by Gasteiger charge is 2.35. The molecule has 0 amide bonds. The van der Waals surface area contributed by atoms with Gasteiger partial charge in [-0.25, -0.2) is 0 Å². The fraction of sp³-hybridized carbons (Fsp3) is 1.00. The second-order valence-corrected chi connectivity index (χ2v) is 7.23. The van der Waals surface area contributed by atoms with Gasteiger partial charge in [-0.05, 0) is 39.5 Å². The third kappa shape index (κ3) is 14.6. The van der Waals surface area contributed by atoms with Gasteiger partial charge in [0.15, 0.2) is 0 Å². The summed E-state index contributed by atoms with van der Waals surface area (Å²) in [5.74, 6) is 0. The summed E-state index contributed by atoms with van der Waals surface area (Å²) in [6.07, 6.45) is 6.38. The summed E-state index contributed by atoms with van der Waals surface area (Å²) < 4.78 is 42.1. The quantitative estimate of drug-likeness (QED) is 0.371. The van der Waals surface area contributed by atoms with Gasteiger partial charge in [0.2, 0.25) is 0 Å². The molecule has 2 fully saturated rings. The van der Waals surface area contributed by atoms with E-state index in [0.29, 0.717) is 36.7 Å². The van der Waals surface area contributed by atoms with E-state index in [0.717, 1.165) is 0 Å². The van der Waals surface area contributed by atoms with Crippen LogP contribution in [0.2, 0.25) is 0 Å². The normalized spacial score (nSPS) is 27.3. The Hall–Kier alpha value is -0.290. The first kappa shape index (κ1) is 24.7. The molecule has 0 radical (unpaired) electrons. The second-order valence-electron chi connectivity index (χ2n) is 6.33. The molecule has 0 spiro atoms. The van der Waals surface area contributed by atoms with Crippen molar-refractivity contribution in [1.29, 1.82) is 0 Å². The molecule has 2 saturated heterocycles. The van der Waals surface area contributed by atoms with Crippen LogP contribution in [0.4, 0.5) is 0 Å². The molecular formula is C16H36N2O6S. The van der Waals surface area contributed by atoms with Crippen LogP contribution in [0, 0.1) is 0 Å². The lowest BCUT2D eigenvalue weighted by molar-refractivity contribution is 0.322. The van der Waals surface area contributed by atoms with E-state index in [-0.39, 0.29) is 0 Å². The minimum absolute atomic E-state index is 0.352. The standard InChI is InChI=1S/2C8H17NO.H2O4S/c2*1-4-7(5-2)9-8-6(3)10-8;1-5(2,3)4/h2*6-9H,4-5H2,1-3H3;(H2,1,2,3,4). The van der Waals surface area contributed by atoms with E-state index >= 15 is 0 Å². The van der Waals surface area contributed by atoms with E-state index in [1.807, 2.05) is 0 Å². The molecule has 8 nitrogen and oxygen atoms in total. The molecular weight excluding hydrogens is 348 g/mol. The van der Waals surface area contributed by atoms with Gasteiger partial charge in [-0.15, -0.1) is 0 Å². The molecule has 0 saturated carbocycles. The van der Waals surface area contributed by atoms with Crippen molar-refractivity contribution in [3.8, 4) is 0 Å². The Morgan fingerprint density at radius 3 is 1.12 bits per heavy atom. The second kappa shape index (κ2) is 12.2. The molecule has 9 heteroatoms. The Bertz CT molecular complexity index is 406. The predicted molar refractivity (Wildman–Crippen MR) is 97.9 cm³/mol. The minimum atomic E-state index is -4.67. The highest BCUT2D eigenvalue weighted by atomic mass is 32.3. The Morgan fingerprint density at radius 1 is 0.800 bits per heavy atom. The Morgan fingerprint density at radius 2 is 1.00 bits per heavy atom.